The molecule has 26 heavy (non-hydrogen) atoms. The van der Waals surface area contributed by atoms with Gasteiger partial charge in [-0.05, 0) is 29.8 Å². The summed E-state index contributed by atoms with van der Waals surface area (Å²) in [5, 5.41) is 11.0. The van der Waals surface area contributed by atoms with Crippen LogP contribution < -0.4 is 19.7 Å². The molecular weight excluding hydrogens is 336 g/mol. The maximum absolute atomic E-state index is 12.3. The number of carbonyl (C=O) groups excluding carboxylic acids is 1. The number of methoxy groups -OCH3 is 2. The topological polar surface area (TPSA) is 85.8 Å². The molecule has 2 aromatic rings. The molecular formula is C18H22N4O4. The summed E-state index contributed by atoms with van der Waals surface area (Å²) in [6.07, 6.45) is 0. The molecule has 1 aliphatic heterocycles. The normalized spacial score (nSPS) is 14.0. The van der Waals surface area contributed by atoms with Crippen LogP contribution in [0.1, 0.15) is 16.1 Å². The van der Waals surface area contributed by atoms with E-state index in [1.54, 1.807) is 26.4 Å². The van der Waals surface area contributed by atoms with E-state index in [1.165, 1.54) is 0 Å². The Morgan fingerprint density at radius 3 is 2.54 bits per heavy atom. The molecule has 0 atom stereocenters. The van der Waals surface area contributed by atoms with Crippen LogP contribution in [-0.2, 0) is 11.3 Å². The van der Waals surface area contributed by atoms with Gasteiger partial charge >= 0.3 is 0 Å². The van der Waals surface area contributed by atoms with Gasteiger partial charge in [-0.15, -0.1) is 10.2 Å². The van der Waals surface area contributed by atoms with Crippen LogP contribution >= 0.6 is 0 Å². The smallest absolute Gasteiger partial charge is 0.272 e. The Morgan fingerprint density at radius 1 is 1.12 bits per heavy atom. The van der Waals surface area contributed by atoms with Gasteiger partial charge in [-0.2, -0.15) is 0 Å². The molecule has 0 bridgehead atoms. The van der Waals surface area contributed by atoms with Crippen molar-refractivity contribution in [2.75, 3.05) is 45.4 Å². The van der Waals surface area contributed by atoms with Crippen LogP contribution in [0.15, 0.2) is 30.3 Å². The van der Waals surface area contributed by atoms with Gasteiger partial charge in [-0.25, -0.2) is 0 Å². The molecule has 0 spiro atoms. The van der Waals surface area contributed by atoms with Gasteiger partial charge in [0.1, 0.15) is 0 Å². The summed E-state index contributed by atoms with van der Waals surface area (Å²) in [7, 11) is 3.16. The summed E-state index contributed by atoms with van der Waals surface area (Å²) in [5.41, 5.74) is 1.18. The highest BCUT2D eigenvalue weighted by atomic mass is 16.5. The molecule has 138 valence electrons. The Balaban J connectivity index is 1.59. The largest absolute Gasteiger partial charge is 0.493 e. The fourth-order valence-corrected chi connectivity index (χ4v) is 2.67. The van der Waals surface area contributed by atoms with Crippen LogP contribution in [0, 0.1) is 0 Å². The van der Waals surface area contributed by atoms with E-state index in [9.17, 15) is 4.79 Å². The number of hydrogen-bond donors (Lipinski definition) is 1. The quantitative estimate of drug-likeness (QED) is 0.832. The number of hydrogen-bond acceptors (Lipinski definition) is 7. The van der Waals surface area contributed by atoms with Crippen molar-refractivity contribution in [3.05, 3.63) is 41.6 Å². The van der Waals surface area contributed by atoms with E-state index in [4.69, 9.17) is 14.2 Å². The van der Waals surface area contributed by atoms with Gasteiger partial charge in [-0.1, -0.05) is 6.07 Å². The Kier molecular flexibility index (Phi) is 5.85. The average Bonchev–Trinajstić information content (AvgIpc) is 2.72. The molecule has 1 amide bonds. The van der Waals surface area contributed by atoms with Crippen molar-refractivity contribution in [2.24, 2.45) is 0 Å². The molecule has 0 saturated carbocycles. The Morgan fingerprint density at radius 2 is 1.88 bits per heavy atom. The van der Waals surface area contributed by atoms with Crippen molar-refractivity contribution >= 4 is 11.7 Å². The summed E-state index contributed by atoms with van der Waals surface area (Å²) in [6.45, 7) is 3.26. The highest BCUT2D eigenvalue weighted by Gasteiger charge is 2.14. The van der Waals surface area contributed by atoms with Gasteiger partial charge in [-0.3, -0.25) is 4.79 Å². The van der Waals surface area contributed by atoms with E-state index in [1.807, 2.05) is 18.2 Å². The highest BCUT2D eigenvalue weighted by Crippen LogP contribution is 2.27. The molecule has 8 heteroatoms. The van der Waals surface area contributed by atoms with E-state index < -0.39 is 0 Å². The zero-order valence-corrected chi connectivity index (χ0v) is 14.9. The first-order valence-electron chi connectivity index (χ1n) is 8.37. The molecule has 2 heterocycles. The number of amides is 1. The lowest BCUT2D eigenvalue weighted by Crippen LogP contribution is -2.37. The Bertz CT molecular complexity index is 745. The zero-order chi connectivity index (χ0) is 18.4. The molecule has 3 rings (SSSR count). The number of anilines is 1. The fourth-order valence-electron chi connectivity index (χ4n) is 2.67. The van der Waals surface area contributed by atoms with Crippen LogP contribution in [-0.4, -0.2) is 56.6 Å². The first-order chi connectivity index (χ1) is 12.7. The first-order valence-corrected chi connectivity index (χ1v) is 8.37. The number of nitrogens with one attached hydrogen (secondary N) is 1. The molecule has 1 N–H and O–H groups in total. The van der Waals surface area contributed by atoms with Crippen molar-refractivity contribution in [1.29, 1.82) is 0 Å². The first kappa shape index (κ1) is 17.9. The number of ether oxygens (including phenoxy) is 3. The van der Waals surface area contributed by atoms with E-state index in [2.05, 4.69) is 20.4 Å². The third-order valence-electron chi connectivity index (χ3n) is 4.12. The second kappa shape index (κ2) is 8.48. The van der Waals surface area contributed by atoms with Crippen LogP contribution in [0.4, 0.5) is 5.82 Å². The second-order valence-corrected chi connectivity index (χ2v) is 5.75. The maximum atomic E-state index is 12.3. The van der Waals surface area contributed by atoms with Crippen molar-refractivity contribution in [1.82, 2.24) is 15.5 Å². The van der Waals surface area contributed by atoms with Gasteiger partial charge in [0, 0.05) is 19.6 Å². The van der Waals surface area contributed by atoms with Crippen LogP contribution in [0.25, 0.3) is 0 Å². The minimum absolute atomic E-state index is 0.277. The average molecular weight is 358 g/mol. The van der Waals surface area contributed by atoms with Crippen LogP contribution in [0.2, 0.25) is 0 Å². The number of morpholine rings is 1. The second-order valence-electron chi connectivity index (χ2n) is 5.75. The molecule has 0 unspecified atom stereocenters. The van der Waals surface area contributed by atoms with E-state index in [0.29, 0.717) is 31.3 Å². The Labute approximate surface area is 152 Å². The number of benzene rings is 1. The lowest BCUT2D eigenvalue weighted by Gasteiger charge is -2.27. The highest BCUT2D eigenvalue weighted by molar-refractivity contribution is 5.92. The van der Waals surface area contributed by atoms with Crippen LogP contribution in [0.3, 0.4) is 0 Å². The van der Waals surface area contributed by atoms with E-state index in [-0.39, 0.29) is 11.6 Å². The fraction of sp³-hybridized carbons (Fsp3) is 0.389. The third kappa shape index (κ3) is 4.20. The molecule has 0 radical (unpaired) electrons. The van der Waals surface area contributed by atoms with E-state index in [0.717, 1.165) is 24.5 Å². The summed E-state index contributed by atoms with van der Waals surface area (Å²) in [5.74, 6) is 1.74. The predicted octanol–water partition coefficient (Wildman–Crippen LogP) is 1.26. The summed E-state index contributed by atoms with van der Waals surface area (Å²) in [6, 6.07) is 8.99. The van der Waals surface area contributed by atoms with Crippen molar-refractivity contribution in [3.63, 3.8) is 0 Å². The maximum Gasteiger partial charge on any atom is 0.272 e. The van der Waals surface area contributed by atoms with Crippen molar-refractivity contribution in [3.8, 4) is 11.5 Å². The van der Waals surface area contributed by atoms with Gasteiger partial charge in [0.05, 0.1) is 27.4 Å². The monoisotopic (exact) mass is 358 g/mol. The summed E-state index contributed by atoms with van der Waals surface area (Å²) in [4.78, 5) is 14.4. The van der Waals surface area contributed by atoms with Gasteiger partial charge in [0.2, 0.25) is 0 Å². The number of rotatable bonds is 6. The molecule has 1 aromatic heterocycles. The van der Waals surface area contributed by atoms with Gasteiger partial charge < -0.3 is 24.4 Å². The lowest BCUT2D eigenvalue weighted by molar-refractivity contribution is 0.0944. The molecule has 8 nitrogen and oxygen atoms in total. The van der Waals surface area contributed by atoms with Gasteiger partial charge in [0.15, 0.2) is 23.0 Å². The van der Waals surface area contributed by atoms with Crippen LogP contribution in [0.5, 0.6) is 11.5 Å². The van der Waals surface area contributed by atoms with Crippen molar-refractivity contribution < 1.29 is 19.0 Å². The minimum Gasteiger partial charge on any atom is -0.493 e. The SMILES string of the molecule is COc1ccc(CNC(=O)c2ccc(N3CCOCC3)nn2)cc1OC. The molecule has 1 fully saturated rings. The van der Waals surface area contributed by atoms with Gasteiger partial charge in [0.25, 0.3) is 5.91 Å². The van der Waals surface area contributed by atoms with E-state index >= 15 is 0 Å². The molecule has 1 aromatic carbocycles. The third-order valence-corrected chi connectivity index (χ3v) is 4.12. The molecule has 0 aliphatic carbocycles. The number of nitrogens with zero attached hydrogens (tertiary/aromatic N) is 3. The van der Waals surface area contributed by atoms with Crippen molar-refractivity contribution in [2.45, 2.75) is 6.54 Å². The number of carbonyl (C=O) groups is 1. The predicted molar refractivity (Wildman–Crippen MR) is 95.8 cm³/mol. The molecule has 1 saturated heterocycles. The lowest BCUT2D eigenvalue weighted by atomic mass is 10.2. The number of aromatic nitrogens is 2. The summed E-state index contributed by atoms with van der Waals surface area (Å²) >= 11 is 0. The molecule has 1 aliphatic rings. The standard InChI is InChI=1S/C18H22N4O4/c1-24-15-5-3-13(11-16(15)25-2)12-19-18(23)14-4-6-17(21-20-14)22-7-9-26-10-8-22/h3-6,11H,7-10,12H2,1-2H3,(H,19,23). The minimum atomic E-state index is -0.277. The Hall–Kier alpha value is -2.87. The zero-order valence-electron chi connectivity index (χ0n) is 14.9. The summed E-state index contributed by atoms with van der Waals surface area (Å²) < 4.78 is 15.8.